The largest absolute Gasteiger partial charge is 0.440 e. The number of H-pyrrole nitrogens is 1. The van der Waals surface area contributed by atoms with Gasteiger partial charge >= 0.3 is 11.3 Å². The summed E-state index contributed by atoms with van der Waals surface area (Å²) in [6.07, 6.45) is -1.80. The molecule has 2 aliphatic rings. The van der Waals surface area contributed by atoms with E-state index in [1.54, 1.807) is 0 Å². The highest BCUT2D eigenvalue weighted by Crippen LogP contribution is 2.39. The van der Waals surface area contributed by atoms with E-state index in [2.05, 4.69) is 4.98 Å². The van der Waals surface area contributed by atoms with Gasteiger partial charge in [0, 0.05) is 24.2 Å². The first-order chi connectivity index (χ1) is 14.7. The van der Waals surface area contributed by atoms with Gasteiger partial charge in [-0.05, 0) is 6.92 Å². The van der Waals surface area contributed by atoms with Crippen LogP contribution < -0.4 is 27.3 Å². The molecule has 1 unspecified atom stereocenters. The van der Waals surface area contributed by atoms with Gasteiger partial charge in [0.05, 0.1) is 24.2 Å². The lowest BCUT2D eigenvalue weighted by molar-refractivity contribution is -0.0460. The van der Waals surface area contributed by atoms with Crippen LogP contribution in [0.25, 0.3) is 0 Å². The summed E-state index contributed by atoms with van der Waals surface area (Å²) in [5.41, 5.74) is 2.88. The first kappa shape index (κ1) is 20.6. The molecule has 0 spiro atoms. The maximum absolute atomic E-state index is 12.7. The van der Waals surface area contributed by atoms with Crippen LogP contribution in [0.5, 0.6) is 5.75 Å². The Balaban J connectivity index is 1.92. The molecule has 12 nitrogen and oxygen atoms in total. The van der Waals surface area contributed by atoms with Crippen LogP contribution in [0.2, 0.25) is 0 Å². The molecule has 4 heterocycles. The fourth-order valence-electron chi connectivity index (χ4n) is 3.80. The van der Waals surface area contributed by atoms with Crippen LogP contribution in [-0.2, 0) is 4.74 Å². The Morgan fingerprint density at radius 2 is 2.13 bits per heavy atom. The number of nitriles is 1. The van der Waals surface area contributed by atoms with Crippen molar-refractivity contribution in [2.75, 3.05) is 6.61 Å². The molecule has 5 N–H and O–H groups in total. The Labute approximate surface area is 173 Å². The lowest BCUT2D eigenvalue weighted by atomic mass is 9.85. The lowest BCUT2D eigenvalue weighted by Crippen LogP contribution is -2.37. The van der Waals surface area contributed by atoms with Crippen molar-refractivity contribution in [1.29, 1.82) is 5.26 Å². The van der Waals surface area contributed by atoms with Crippen LogP contribution in [0.3, 0.4) is 0 Å². The summed E-state index contributed by atoms with van der Waals surface area (Å²) < 4.78 is 17.0. The summed E-state index contributed by atoms with van der Waals surface area (Å²) in [6.45, 7) is 1.06. The van der Waals surface area contributed by atoms with Gasteiger partial charge in [-0.25, -0.2) is 9.59 Å². The van der Waals surface area contributed by atoms with Crippen molar-refractivity contribution < 1.29 is 24.1 Å². The molecule has 2 aromatic rings. The van der Waals surface area contributed by atoms with Crippen LogP contribution in [0, 0.1) is 18.3 Å². The SMILES string of the molecule is Cc1cc2c(c(=O)o1)C(c1cn([C@H]3C[C@H](O)[C@@H](CO)O3)c(=O)[nH]c1=O)C(C#N)=C(N)O2. The van der Waals surface area contributed by atoms with Crippen molar-refractivity contribution in [2.24, 2.45) is 5.73 Å². The zero-order valence-electron chi connectivity index (χ0n) is 16.2. The molecular formula is C19H18N4O8. The molecule has 162 valence electrons. The third-order valence-corrected chi connectivity index (χ3v) is 5.26. The van der Waals surface area contributed by atoms with E-state index in [0.717, 1.165) is 10.8 Å². The second-order valence-corrected chi connectivity index (χ2v) is 7.21. The van der Waals surface area contributed by atoms with Crippen molar-refractivity contribution in [1.82, 2.24) is 9.55 Å². The lowest BCUT2D eigenvalue weighted by Gasteiger charge is -2.25. The zero-order valence-corrected chi connectivity index (χ0v) is 16.2. The van der Waals surface area contributed by atoms with Gasteiger partial charge in [-0.1, -0.05) is 0 Å². The molecule has 2 aromatic heterocycles. The molecule has 0 aliphatic carbocycles. The number of aromatic amines is 1. The number of nitrogens with two attached hydrogens (primary N) is 1. The topological polar surface area (TPSA) is 194 Å². The summed E-state index contributed by atoms with van der Waals surface area (Å²) in [6, 6.07) is 3.24. The molecule has 4 atom stereocenters. The smallest absolute Gasteiger partial charge is 0.343 e. The van der Waals surface area contributed by atoms with Crippen LogP contribution in [-0.4, -0.2) is 38.6 Å². The number of hydrogen-bond acceptors (Lipinski definition) is 10. The van der Waals surface area contributed by atoms with Gasteiger partial charge in [-0.2, -0.15) is 5.26 Å². The molecule has 4 rings (SSSR count). The number of aliphatic hydroxyl groups is 2. The fourth-order valence-corrected chi connectivity index (χ4v) is 3.80. The number of allylic oxidation sites excluding steroid dienone is 1. The zero-order chi connectivity index (χ0) is 22.4. The Kier molecular flexibility index (Phi) is 5.02. The molecule has 0 aromatic carbocycles. The van der Waals surface area contributed by atoms with E-state index in [0.29, 0.717) is 0 Å². The average molecular weight is 430 g/mol. The minimum absolute atomic E-state index is 0.0224. The van der Waals surface area contributed by atoms with Crippen LogP contribution in [0.15, 0.2) is 42.5 Å². The van der Waals surface area contributed by atoms with Gasteiger partial charge in [0.1, 0.15) is 35.5 Å². The van der Waals surface area contributed by atoms with Gasteiger partial charge in [0.15, 0.2) is 0 Å². The number of fused-ring (bicyclic) bond motifs is 1. The first-order valence-electron chi connectivity index (χ1n) is 9.27. The van der Waals surface area contributed by atoms with Crippen LogP contribution >= 0.6 is 0 Å². The third-order valence-electron chi connectivity index (χ3n) is 5.26. The van der Waals surface area contributed by atoms with Crippen molar-refractivity contribution >= 4 is 0 Å². The Morgan fingerprint density at radius 1 is 1.39 bits per heavy atom. The molecular weight excluding hydrogens is 412 g/mol. The third kappa shape index (κ3) is 3.34. The van der Waals surface area contributed by atoms with Gasteiger partial charge in [0.2, 0.25) is 5.88 Å². The summed E-state index contributed by atoms with van der Waals surface area (Å²) in [4.78, 5) is 39.8. The van der Waals surface area contributed by atoms with Gasteiger partial charge in [-0.15, -0.1) is 0 Å². The standard InChI is InChI=1S/C19H18N4O8/c1-7-2-11-15(18(27)29-7)14(8(4-20)16(21)31-11)9-5-23(19(28)22-17(9)26)13-3-10(25)12(6-24)30-13/h2,5,10,12-14,24-25H,3,6,21H2,1H3,(H,22,26,28)/t10-,12+,13+,14?/m0/s1. The molecule has 0 radical (unpaired) electrons. The van der Waals surface area contributed by atoms with Gasteiger partial charge < -0.3 is 29.8 Å². The summed E-state index contributed by atoms with van der Waals surface area (Å²) in [5, 5.41) is 28.9. The molecule has 2 aliphatic heterocycles. The summed E-state index contributed by atoms with van der Waals surface area (Å²) in [7, 11) is 0. The molecule has 12 heteroatoms. The maximum Gasteiger partial charge on any atom is 0.343 e. The quantitative estimate of drug-likeness (QED) is 0.452. The second kappa shape index (κ2) is 7.55. The molecule has 0 amide bonds. The molecule has 1 saturated heterocycles. The molecule has 1 fully saturated rings. The van der Waals surface area contributed by atoms with Crippen molar-refractivity contribution in [3.8, 4) is 11.8 Å². The van der Waals surface area contributed by atoms with Gasteiger partial charge in [-0.3, -0.25) is 14.3 Å². The number of nitrogens with zero attached hydrogens (tertiary/aromatic N) is 2. The minimum atomic E-state index is -1.26. The Bertz CT molecular complexity index is 1300. The normalized spacial score (nSPS) is 25.1. The van der Waals surface area contributed by atoms with E-state index in [1.165, 1.54) is 13.0 Å². The number of aromatic nitrogens is 2. The first-order valence-corrected chi connectivity index (χ1v) is 9.27. The van der Waals surface area contributed by atoms with Crippen LogP contribution in [0.4, 0.5) is 0 Å². The summed E-state index contributed by atoms with van der Waals surface area (Å²) in [5.74, 6) is -1.30. The number of aliphatic hydroxyl groups excluding tert-OH is 2. The second-order valence-electron chi connectivity index (χ2n) is 7.21. The molecule has 0 saturated carbocycles. The van der Waals surface area contributed by atoms with Crippen molar-refractivity contribution in [3.63, 3.8) is 0 Å². The van der Waals surface area contributed by atoms with E-state index in [9.17, 15) is 29.9 Å². The van der Waals surface area contributed by atoms with E-state index in [4.69, 9.17) is 19.6 Å². The van der Waals surface area contributed by atoms with E-state index in [1.807, 2.05) is 6.07 Å². The highest BCUT2D eigenvalue weighted by molar-refractivity contribution is 5.53. The average Bonchev–Trinajstić information content (AvgIpc) is 3.07. The maximum atomic E-state index is 12.7. The van der Waals surface area contributed by atoms with E-state index < -0.39 is 47.8 Å². The monoisotopic (exact) mass is 430 g/mol. The predicted molar refractivity (Wildman–Crippen MR) is 102 cm³/mol. The fraction of sp³-hybridized carbons (Fsp3) is 0.368. The van der Waals surface area contributed by atoms with Gasteiger partial charge in [0.25, 0.3) is 5.56 Å². The number of aryl methyl sites for hydroxylation is 1. The highest BCUT2D eigenvalue weighted by Gasteiger charge is 2.38. The minimum Gasteiger partial charge on any atom is -0.440 e. The van der Waals surface area contributed by atoms with E-state index in [-0.39, 0.29) is 40.5 Å². The predicted octanol–water partition coefficient (Wildman–Crippen LogP) is -1.34. The van der Waals surface area contributed by atoms with E-state index >= 15 is 0 Å². The number of nitrogens with one attached hydrogen (secondary N) is 1. The van der Waals surface area contributed by atoms with Crippen molar-refractivity contribution in [2.45, 2.75) is 37.7 Å². The van der Waals surface area contributed by atoms with Crippen molar-refractivity contribution in [3.05, 3.63) is 71.9 Å². The number of hydrogen-bond donors (Lipinski definition) is 4. The van der Waals surface area contributed by atoms with Crippen LogP contribution in [0.1, 0.15) is 35.5 Å². The molecule has 31 heavy (non-hydrogen) atoms. The number of ether oxygens (including phenoxy) is 2. The summed E-state index contributed by atoms with van der Waals surface area (Å²) >= 11 is 0. The molecule has 0 bridgehead atoms. The Morgan fingerprint density at radius 3 is 2.77 bits per heavy atom. The number of rotatable bonds is 3. The Hall–Kier alpha value is -3.66. The highest BCUT2D eigenvalue weighted by atomic mass is 16.5.